The lowest BCUT2D eigenvalue weighted by Crippen LogP contribution is -2.03. The van der Waals surface area contributed by atoms with Crippen LogP contribution in [0.3, 0.4) is 0 Å². The summed E-state index contributed by atoms with van der Waals surface area (Å²) in [6.45, 7) is 0. The van der Waals surface area contributed by atoms with Gasteiger partial charge in [-0.15, -0.1) is 10.2 Å². The minimum Gasteiger partial charge on any atom is -0.496 e. The molecule has 0 aliphatic heterocycles. The van der Waals surface area contributed by atoms with Crippen molar-refractivity contribution in [3.8, 4) is 17.0 Å². The van der Waals surface area contributed by atoms with Crippen molar-refractivity contribution in [3.63, 3.8) is 0 Å². The molecule has 1 aromatic carbocycles. The number of nitrogens with one attached hydrogen (secondary N) is 1. The molecule has 4 nitrogen and oxygen atoms in total. The van der Waals surface area contributed by atoms with Crippen LogP contribution in [0.15, 0.2) is 34.8 Å². The number of benzene rings is 1. The third kappa shape index (κ3) is 2.87. The summed E-state index contributed by atoms with van der Waals surface area (Å²) in [5.74, 6) is 1.66. The van der Waals surface area contributed by atoms with Crippen molar-refractivity contribution in [1.29, 1.82) is 0 Å². The fourth-order valence-corrected chi connectivity index (χ4v) is 2.37. The summed E-state index contributed by atoms with van der Waals surface area (Å²) in [6.07, 6.45) is 2.46. The Hall–Kier alpha value is -1.62. The zero-order chi connectivity index (χ0) is 13.2. The van der Waals surface area contributed by atoms with Crippen molar-refractivity contribution in [2.24, 2.45) is 0 Å². The van der Waals surface area contributed by atoms with E-state index in [9.17, 15) is 0 Å². The first-order chi connectivity index (χ1) is 9.26. The molecule has 1 fully saturated rings. The number of halogens is 1. The van der Waals surface area contributed by atoms with Crippen molar-refractivity contribution in [2.75, 3.05) is 12.4 Å². The third-order valence-corrected chi connectivity index (χ3v) is 3.66. The zero-order valence-electron chi connectivity index (χ0n) is 10.6. The second kappa shape index (κ2) is 5.17. The molecule has 1 N–H and O–H groups in total. The van der Waals surface area contributed by atoms with E-state index in [4.69, 9.17) is 4.74 Å². The van der Waals surface area contributed by atoms with Gasteiger partial charge in [-0.3, -0.25) is 0 Å². The maximum absolute atomic E-state index is 5.21. The van der Waals surface area contributed by atoms with Gasteiger partial charge in [-0.25, -0.2) is 0 Å². The first-order valence-corrected chi connectivity index (χ1v) is 7.00. The standard InChI is InChI=1S/C14H14BrN3O/c1-19-13-6-2-9(8-11(13)15)12-5-7-14(18-17-12)16-10-3-4-10/h2,5-8,10H,3-4H2,1H3,(H,16,18). The van der Waals surface area contributed by atoms with Crippen LogP contribution in [-0.4, -0.2) is 23.3 Å². The van der Waals surface area contributed by atoms with Crippen LogP contribution < -0.4 is 10.1 Å². The summed E-state index contributed by atoms with van der Waals surface area (Å²) in [5, 5.41) is 11.8. The highest BCUT2D eigenvalue weighted by atomic mass is 79.9. The van der Waals surface area contributed by atoms with Gasteiger partial charge in [0, 0.05) is 11.6 Å². The number of aromatic nitrogens is 2. The van der Waals surface area contributed by atoms with Crippen LogP contribution >= 0.6 is 15.9 Å². The quantitative estimate of drug-likeness (QED) is 0.937. The molecule has 1 aliphatic rings. The van der Waals surface area contributed by atoms with Crippen molar-refractivity contribution in [1.82, 2.24) is 10.2 Å². The van der Waals surface area contributed by atoms with Crippen LogP contribution in [-0.2, 0) is 0 Å². The zero-order valence-corrected chi connectivity index (χ0v) is 12.1. The Morgan fingerprint density at radius 3 is 2.63 bits per heavy atom. The van der Waals surface area contributed by atoms with Crippen LogP contribution in [0, 0.1) is 0 Å². The van der Waals surface area contributed by atoms with Gasteiger partial charge in [-0.1, -0.05) is 0 Å². The monoisotopic (exact) mass is 319 g/mol. The van der Waals surface area contributed by atoms with Crippen molar-refractivity contribution >= 4 is 21.7 Å². The largest absolute Gasteiger partial charge is 0.496 e. The average molecular weight is 320 g/mol. The SMILES string of the molecule is COc1ccc(-c2ccc(NC3CC3)nn2)cc1Br. The van der Waals surface area contributed by atoms with Crippen molar-refractivity contribution < 1.29 is 4.74 Å². The molecule has 0 saturated heterocycles. The predicted octanol–water partition coefficient (Wildman–Crippen LogP) is 3.49. The highest BCUT2D eigenvalue weighted by molar-refractivity contribution is 9.10. The Morgan fingerprint density at radius 1 is 1.21 bits per heavy atom. The van der Waals surface area contributed by atoms with Gasteiger partial charge in [0.05, 0.1) is 17.3 Å². The molecule has 1 saturated carbocycles. The fourth-order valence-electron chi connectivity index (χ4n) is 1.83. The van der Waals surface area contributed by atoms with E-state index < -0.39 is 0 Å². The molecule has 0 spiro atoms. The smallest absolute Gasteiger partial charge is 0.148 e. The number of ether oxygens (including phenoxy) is 1. The molecule has 19 heavy (non-hydrogen) atoms. The molecule has 2 aromatic rings. The Bertz CT molecular complexity index is 582. The summed E-state index contributed by atoms with van der Waals surface area (Å²) in [4.78, 5) is 0. The van der Waals surface area contributed by atoms with Crippen LogP contribution in [0.5, 0.6) is 5.75 Å². The number of hydrogen-bond acceptors (Lipinski definition) is 4. The van der Waals surface area contributed by atoms with Crippen molar-refractivity contribution in [2.45, 2.75) is 18.9 Å². The lowest BCUT2D eigenvalue weighted by atomic mass is 10.1. The summed E-state index contributed by atoms with van der Waals surface area (Å²) in [7, 11) is 1.65. The number of hydrogen-bond donors (Lipinski definition) is 1. The number of anilines is 1. The van der Waals surface area contributed by atoms with E-state index in [-0.39, 0.29) is 0 Å². The van der Waals surface area contributed by atoms with E-state index in [0.717, 1.165) is 27.3 Å². The molecule has 0 amide bonds. The molecule has 1 aliphatic carbocycles. The van der Waals surface area contributed by atoms with E-state index in [1.165, 1.54) is 12.8 Å². The second-order valence-corrected chi connectivity index (χ2v) is 5.43. The molecule has 3 rings (SSSR count). The third-order valence-electron chi connectivity index (χ3n) is 3.04. The molecular formula is C14H14BrN3O. The van der Waals surface area contributed by atoms with E-state index in [1.54, 1.807) is 7.11 Å². The topological polar surface area (TPSA) is 47.0 Å². The molecule has 1 heterocycles. The summed E-state index contributed by atoms with van der Waals surface area (Å²) >= 11 is 3.47. The van der Waals surface area contributed by atoms with Gasteiger partial charge in [-0.05, 0) is 59.1 Å². The Kier molecular flexibility index (Phi) is 3.38. The minimum absolute atomic E-state index is 0.593. The number of rotatable bonds is 4. The van der Waals surface area contributed by atoms with E-state index >= 15 is 0 Å². The second-order valence-electron chi connectivity index (χ2n) is 4.57. The van der Waals surface area contributed by atoms with Gasteiger partial charge in [0.1, 0.15) is 11.6 Å². The lowest BCUT2D eigenvalue weighted by Gasteiger charge is -2.06. The van der Waals surface area contributed by atoms with Crippen LogP contribution in [0.1, 0.15) is 12.8 Å². The first-order valence-electron chi connectivity index (χ1n) is 6.20. The minimum atomic E-state index is 0.593. The van der Waals surface area contributed by atoms with Crippen LogP contribution in [0.4, 0.5) is 5.82 Å². The average Bonchev–Trinajstić information content (AvgIpc) is 3.23. The van der Waals surface area contributed by atoms with E-state index in [1.807, 2.05) is 30.3 Å². The molecule has 1 aromatic heterocycles. The van der Waals surface area contributed by atoms with E-state index in [2.05, 4.69) is 31.4 Å². The summed E-state index contributed by atoms with van der Waals surface area (Å²) in [5.41, 5.74) is 1.86. The molecule has 0 unspecified atom stereocenters. The van der Waals surface area contributed by atoms with Gasteiger partial charge in [0.25, 0.3) is 0 Å². The molecule has 0 bridgehead atoms. The van der Waals surface area contributed by atoms with Gasteiger partial charge < -0.3 is 10.1 Å². The highest BCUT2D eigenvalue weighted by Gasteiger charge is 2.21. The summed E-state index contributed by atoms with van der Waals surface area (Å²) < 4.78 is 6.12. The van der Waals surface area contributed by atoms with Gasteiger partial charge in [0.2, 0.25) is 0 Å². The summed E-state index contributed by atoms with van der Waals surface area (Å²) in [6, 6.07) is 10.4. The lowest BCUT2D eigenvalue weighted by molar-refractivity contribution is 0.412. The molecule has 0 atom stereocenters. The van der Waals surface area contributed by atoms with Gasteiger partial charge >= 0.3 is 0 Å². The molecular weight excluding hydrogens is 306 g/mol. The van der Waals surface area contributed by atoms with Crippen molar-refractivity contribution in [3.05, 3.63) is 34.8 Å². The van der Waals surface area contributed by atoms with E-state index in [0.29, 0.717) is 6.04 Å². The number of methoxy groups -OCH3 is 1. The van der Waals surface area contributed by atoms with Crippen LogP contribution in [0.25, 0.3) is 11.3 Å². The number of nitrogens with zero attached hydrogens (tertiary/aromatic N) is 2. The van der Waals surface area contributed by atoms with Crippen LogP contribution in [0.2, 0.25) is 0 Å². The predicted molar refractivity (Wildman–Crippen MR) is 78.4 cm³/mol. The molecule has 5 heteroatoms. The maximum atomic E-state index is 5.21. The normalized spacial score (nSPS) is 14.2. The molecule has 0 radical (unpaired) electrons. The fraction of sp³-hybridized carbons (Fsp3) is 0.286. The van der Waals surface area contributed by atoms with Gasteiger partial charge in [-0.2, -0.15) is 0 Å². The Balaban J connectivity index is 1.82. The Morgan fingerprint density at radius 2 is 2.05 bits per heavy atom. The Labute approximate surface area is 120 Å². The maximum Gasteiger partial charge on any atom is 0.148 e. The molecule has 98 valence electrons. The van der Waals surface area contributed by atoms with Gasteiger partial charge in [0.15, 0.2) is 0 Å². The highest BCUT2D eigenvalue weighted by Crippen LogP contribution is 2.30. The first kappa shape index (κ1) is 12.4.